The molecule has 0 saturated heterocycles. The Kier molecular flexibility index (Phi) is 5.92. The molecular weight excluding hydrogens is 268 g/mol. The first-order valence-corrected chi connectivity index (χ1v) is 6.84. The topological polar surface area (TPSA) is 90.2 Å². The molecule has 112 valence electrons. The summed E-state index contributed by atoms with van der Waals surface area (Å²) in [4.78, 5) is 22.5. The summed E-state index contributed by atoms with van der Waals surface area (Å²) in [5, 5.41) is 20.2. The number of hydrogen-bond donors (Lipinski definition) is 2. The molecule has 0 aliphatic rings. The summed E-state index contributed by atoms with van der Waals surface area (Å²) in [5.74, 6) is -0.988. The van der Waals surface area contributed by atoms with Crippen molar-refractivity contribution in [3.05, 3.63) is 35.4 Å². The predicted octanol–water partition coefficient (Wildman–Crippen LogP) is 2.57. The highest BCUT2D eigenvalue weighted by atomic mass is 16.4. The number of nitrogens with zero attached hydrogens (tertiary/aromatic N) is 1. The standard InChI is InChI=1S/C16H20N2O3/c1-16(2,8-7-14(19)20)9-10-18-15(21)13-5-3-12(11-17)4-6-13/h3-6H,7-10H2,1-2H3,(H,18,21)(H,19,20). The average Bonchev–Trinajstić information content (AvgIpc) is 2.45. The van der Waals surface area contributed by atoms with Crippen LogP contribution in [-0.4, -0.2) is 23.5 Å². The Morgan fingerprint density at radius 3 is 2.38 bits per heavy atom. The zero-order chi connectivity index (χ0) is 15.9. The lowest BCUT2D eigenvalue weighted by Crippen LogP contribution is -2.28. The lowest BCUT2D eigenvalue weighted by atomic mass is 9.84. The van der Waals surface area contributed by atoms with E-state index in [1.165, 1.54) is 0 Å². The lowest BCUT2D eigenvalue weighted by Gasteiger charge is -2.23. The molecule has 0 aliphatic carbocycles. The fraction of sp³-hybridized carbons (Fsp3) is 0.438. The summed E-state index contributed by atoms with van der Waals surface area (Å²) >= 11 is 0. The van der Waals surface area contributed by atoms with Gasteiger partial charge in [0.15, 0.2) is 0 Å². The molecule has 0 heterocycles. The predicted molar refractivity (Wildman–Crippen MR) is 78.8 cm³/mol. The number of carbonyl (C=O) groups is 2. The number of amides is 1. The molecule has 0 atom stereocenters. The van der Waals surface area contributed by atoms with Crippen LogP contribution in [0.15, 0.2) is 24.3 Å². The summed E-state index contributed by atoms with van der Waals surface area (Å²) in [6.07, 6.45) is 1.42. The Morgan fingerprint density at radius 2 is 1.86 bits per heavy atom. The molecule has 1 amide bonds. The van der Waals surface area contributed by atoms with Gasteiger partial charge in [0.1, 0.15) is 0 Å². The number of carboxylic acids is 1. The molecule has 1 rings (SSSR count). The van der Waals surface area contributed by atoms with Gasteiger partial charge in [-0.25, -0.2) is 0 Å². The fourth-order valence-corrected chi connectivity index (χ4v) is 1.88. The van der Waals surface area contributed by atoms with Crippen LogP contribution in [0.4, 0.5) is 0 Å². The molecule has 5 heteroatoms. The second kappa shape index (κ2) is 7.44. The van der Waals surface area contributed by atoms with E-state index in [2.05, 4.69) is 5.32 Å². The van der Waals surface area contributed by atoms with Crippen molar-refractivity contribution in [2.75, 3.05) is 6.54 Å². The third-order valence-corrected chi connectivity index (χ3v) is 3.38. The van der Waals surface area contributed by atoms with Crippen LogP contribution in [0, 0.1) is 16.7 Å². The van der Waals surface area contributed by atoms with Crippen LogP contribution in [0.2, 0.25) is 0 Å². The first kappa shape index (κ1) is 16.7. The van der Waals surface area contributed by atoms with Crippen LogP contribution < -0.4 is 5.32 Å². The van der Waals surface area contributed by atoms with E-state index in [0.29, 0.717) is 30.5 Å². The molecule has 0 fully saturated rings. The quantitative estimate of drug-likeness (QED) is 0.806. The summed E-state index contributed by atoms with van der Waals surface area (Å²) < 4.78 is 0. The summed E-state index contributed by atoms with van der Waals surface area (Å²) in [6.45, 7) is 4.47. The second-order valence-electron chi connectivity index (χ2n) is 5.75. The minimum atomic E-state index is -0.801. The van der Waals surface area contributed by atoms with Gasteiger partial charge in [-0.05, 0) is 42.5 Å². The molecular formula is C16H20N2O3. The van der Waals surface area contributed by atoms with E-state index in [1.807, 2.05) is 19.9 Å². The van der Waals surface area contributed by atoms with Crippen molar-refractivity contribution in [1.29, 1.82) is 5.26 Å². The van der Waals surface area contributed by atoms with Crippen LogP contribution in [0.1, 0.15) is 49.0 Å². The monoisotopic (exact) mass is 288 g/mol. The average molecular weight is 288 g/mol. The van der Waals surface area contributed by atoms with Crippen LogP contribution >= 0.6 is 0 Å². The highest BCUT2D eigenvalue weighted by Gasteiger charge is 2.19. The molecule has 0 unspecified atom stereocenters. The van der Waals surface area contributed by atoms with Gasteiger partial charge in [-0.1, -0.05) is 13.8 Å². The first-order valence-electron chi connectivity index (χ1n) is 6.84. The molecule has 0 bridgehead atoms. The Balaban J connectivity index is 2.42. The number of benzene rings is 1. The highest BCUT2D eigenvalue weighted by molar-refractivity contribution is 5.94. The number of aliphatic carboxylic acids is 1. The van der Waals surface area contributed by atoms with Crippen molar-refractivity contribution in [3.63, 3.8) is 0 Å². The van der Waals surface area contributed by atoms with Gasteiger partial charge >= 0.3 is 5.97 Å². The lowest BCUT2D eigenvalue weighted by molar-refractivity contribution is -0.137. The first-order chi connectivity index (χ1) is 9.84. The van der Waals surface area contributed by atoms with Crippen molar-refractivity contribution in [2.45, 2.75) is 33.1 Å². The molecule has 0 aliphatic heterocycles. The Labute approximate surface area is 124 Å². The van der Waals surface area contributed by atoms with Crippen molar-refractivity contribution in [2.24, 2.45) is 5.41 Å². The van der Waals surface area contributed by atoms with E-state index in [1.54, 1.807) is 24.3 Å². The third-order valence-electron chi connectivity index (χ3n) is 3.38. The number of carboxylic acid groups (broad SMARTS) is 1. The largest absolute Gasteiger partial charge is 0.481 e. The van der Waals surface area contributed by atoms with Gasteiger partial charge in [-0.15, -0.1) is 0 Å². The van der Waals surface area contributed by atoms with E-state index >= 15 is 0 Å². The van der Waals surface area contributed by atoms with E-state index in [0.717, 1.165) is 0 Å². The van der Waals surface area contributed by atoms with Gasteiger partial charge in [-0.2, -0.15) is 5.26 Å². The molecule has 1 aromatic rings. The molecule has 2 N–H and O–H groups in total. The zero-order valence-electron chi connectivity index (χ0n) is 12.3. The molecule has 5 nitrogen and oxygen atoms in total. The number of nitrogens with one attached hydrogen (secondary N) is 1. The minimum Gasteiger partial charge on any atom is -0.481 e. The Hall–Kier alpha value is -2.35. The smallest absolute Gasteiger partial charge is 0.303 e. The maximum atomic E-state index is 11.9. The maximum Gasteiger partial charge on any atom is 0.303 e. The van der Waals surface area contributed by atoms with Gasteiger partial charge < -0.3 is 10.4 Å². The molecule has 0 aromatic heterocycles. The van der Waals surface area contributed by atoms with Crippen LogP contribution in [0.25, 0.3) is 0 Å². The van der Waals surface area contributed by atoms with Gasteiger partial charge in [0.25, 0.3) is 5.91 Å². The van der Waals surface area contributed by atoms with Gasteiger partial charge in [0.2, 0.25) is 0 Å². The van der Waals surface area contributed by atoms with Crippen molar-refractivity contribution in [3.8, 4) is 6.07 Å². The van der Waals surface area contributed by atoms with Crippen LogP contribution in [-0.2, 0) is 4.79 Å². The summed E-state index contributed by atoms with van der Waals surface area (Å²) in [5.41, 5.74) is 0.898. The Morgan fingerprint density at radius 1 is 1.24 bits per heavy atom. The number of hydrogen-bond acceptors (Lipinski definition) is 3. The fourth-order valence-electron chi connectivity index (χ4n) is 1.88. The van der Waals surface area contributed by atoms with Gasteiger partial charge in [0.05, 0.1) is 11.6 Å². The van der Waals surface area contributed by atoms with E-state index in [4.69, 9.17) is 10.4 Å². The number of rotatable bonds is 7. The van der Waals surface area contributed by atoms with Gasteiger partial charge in [-0.3, -0.25) is 9.59 Å². The molecule has 0 spiro atoms. The summed E-state index contributed by atoms with van der Waals surface area (Å²) in [7, 11) is 0. The van der Waals surface area contributed by atoms with Crippen LogP contribution in [0.3, 0.4) is 0 Å². The van der Waals surface area contributed by atoms with Gasteiger partial charge in [0, 0.05) is 18.5 Å². The van der Waals surface area contributed by atoms with E-state index in [-0.39, 0.29) is 17.7 Å². The van der Waals surface area contributed by atoms with E-state index in [9.17, 15) is 9.59 Å². The number of carbonyl (C=O) groups excluding carboxylic acids is 1. The third kappa shape index (κ3) is 6.09. The normalized spacial score (nSPS) is 10.7. The summed E-state index contributed by atoms with van der Waals surface area (Å²) in [6, 6.07) is 8.43. The molecule has 1 aromatic carbocycles. The molecule has 0 radical (unpaired) electrons. The van der Waals surface area contributed by atoms with Crippen molar-refractivity contribution < 1.29 is 14.7 Å². The second-order valence-corrected chi connectivity index (χ2v) is 5.75. The van der Waals surface area contributed by atoms with Crippen LogP contribution in [0.5, 0.6) is 0 Å². The molecule has 21 heavy (non-hydrogen) atoms. The minimum absolute atomic E-state index is 0.129. The van der Waals surface area contributed by atoms with Crippen molar-refractivity contribution >= 4 is 11.9 Å². The maximum absolute atomic E-state index is 11.9. The van der Waals surface area contributed by atoms with E-state index < -0.39 is 5.97 Å². The highest BCUT2D eigenvalue weighted by Crippen LogP contribution is 2.26. The van der Waals surface area contributed by atoms with Crippen molar-refractivity contribution in [1.82, 2.24) is 5.32 Å². The SMILES string of the molecule is CC(C)(CCNC(=O)c1ccc(C#N)cc1)CCC(=O)O. The number of nitriles is 1. The molecule has 0 saturated carbocycles. The Bertz CT molecular complexity index is 542. The zero-order valence-corrected chi connectivity index (χ0v) is 12.3.